The molecule has 3 rings (SSSR count). The lowest BCUT2D eigenvalue weighted by molar-refractivity contribution is -0.113. The zero-order valence-corrected chi connectivity index (χ0v) is 18.7. The molecule has 0 aliphatic rings. The number of rotatable bonds is 6. The largest absolute Gasteiger partial charge is 0.462 e. The maximum Gasteiger partial charge on any atom is 0.348 e. The Kier molecular flexibility index (Phi) is 6.47. The fourth-order valence-corrected chi connectivity index (χ4v) is 4.65. The molecule has 0 spiro atoms. The molecule has 1 amide bonds. The average Bonchev–Trinajstić information content (AvgIpc) is 3.03. The Morgan fingerprint density at radius 1 is 1.27 bits per heavy atom. The number of carbonyl (C=O) groups is 2. The zero-order valence-electron chi connectivity index (χ0n) is 17.1. The molecule has 30 heavy (non-hydrogen) atoms. The fraction of sp³-hybridized carbons (Fsp3) is 0.300. The summed E-state index contributed by atoms with van der Waals surface area (Å²) in [5.74, 6) is 5.20. The maximum absolute atomic E-state index is 12.7. The van der Waals surface area contributed by atoms with Crippen LogP contribution in [0.5, 0.6) is 0 Å². The van der Waals surface area contributed by atoms with Gasteiger partial charge in [-0.3, -0.25) is 9.59 Å². The van der Waals surface area contributed by atoms with Crippen molar-refractivity contribution in [2.45, 2.75) is 32.9 Å². The van der Waals surface area contributed by atoms with Gasteiger partial charge in [0.25, 0.3) is 5.56 Å². The molecule has 0 saturated heterocycles. The predicted octanol–water partition coefficient (Wildman–Crippen LogP) is 3.00. The van der Waals surface area contributed by atoms with Gasteiger partial charge in [0.1, 0.15) is 9.71 Å². The zero-order chi connectivity index (χ0) is 22.0. The summed E-state index contributed by atoms with van der Waals surface area (Å²) in [6.45, 7) is 7.58. The van der Waals surface area contributed by atoms with E-state index < -0.39 is 11.5 Å². The fourth-order valence-electron chi connectivity index (χ4n) is 2.82. The summed E-state index contributed by atoms with van der Waals surface area (Å²) in [5, 5.41) is 3.30. The minimum absolute atomic E-state index is 0.0250. The molecule has 3 N–H and O–H groups in total. The Labute approximate surface area is 181 Å². The third-order valence-corrected chi connectivity index (χ3v) is 6.67. The monoisotopic (exact) mass is 446 g/mol. The second-order valence-corrected chi connectivity index (χ2v) is 8.60. The molecule has 0 atom stereocenters. The summed E-state index contributed by atoms with van der Waals surface area (Å²) in [6, 6.07) is 5.66. The van der Waals surface area contributed by atoms with Crippen LogP contribution in [0.15, 0.2) is 28.2 Å². The molecule has 2 heterocycles. The Morgan fingerprint density at radius 2 is 2.00 bits per heavy atom. The number of anilines is 1. The van der Waals surface area contributed by atoms with E-state index in [1.54, 1.807) is 13.8 Å². The van der Waals surface area contributed by atoms with E-state index in [1.165, 1.54) is 0 Å². The lowest BCUT2D eigenvalue weighted by atomic mass is 10.1. The molecule has 2 aromatic heterocycles. The number of hydrogen-bond donors (Lipinski definition) is 2. The van der Waals surface area contributed by atoms with Gasteiger partial charge in [0.05, 0.1) is 17.7 Å². The van der Waals surface area contributed by atoms with Crippen LogP contribution in [0.3, 0.4) is 0 Å². The Balaban J connectivity index is 1.81. The van der Waals surface area contributed by atoms with Gasteiger partial charge in [-0.25, -0.2) is 14.5 Å². The lowest BCUT2D eigenvalue weighted by Crippen LogP contribution is -2.30. The van der Waals surface area contributed by atoms with Crippen LogP contribution in [0.1, 0.15) is 33.3 Å². The summed E-state index contributed by atoms with van der Waals surface area (Å²) < 4.78 is 5.94. The van der Waals surface area contributed by atoms with E-state index >= 15 is 0 Å². The van der Waals surface area contributed by atoms with Crippen molar-refractivity contribution in [3.8, 4) is 0 Å². The molecular formula is C20H22N4O4S2. The molecule has 0 radical (unpaired) electrons. The van der Waals surface area contributed by atoms with Crippen molar-refractivity contribution in [1.82, 2.24) is 9.66 Å². The number of nitrogens with one attached hydrogen (secondary N) is 1. The topological polar surface area (TPSA) is 116 Å². The van der Waals surface area contributed by atoms with Crippen molar-refractivity contribution in [2.75, 3.05) is 23.5 Å². The molecule has 0 bridgehead atoms. The van der Waals surface area contributed by atoms with Gasteiger partial charge in [-0.15, -0.1) is 11.3 Å². The minimum atomic E-state index is -0.497. The summed E-state index contributed by atoms with van der Waals surface area (Å²) >= 11 is 2.13. The smallest absolute Gasteiger partial charge is 0.348 e. The maximum atomic E-state index is 12.7. The standard InChI is InChI=1S/C20H22N4O4S2/c1-5-28-19(27)16-12(4)15-17(30-16)23-20(24(21)18(15)26)29-9-14(25)22-13-7-6-10(2)11(3)8-13/h6-8H,5,9,21H2,1-4H3,(H,22,25). The molecule has 10 heteroatoms. The summed E-state index contributed by atoms with van der Waals surface area (Å²) in [4.78, 5) is 42.2. The number of hydrogen-bond acceptors (Lipinski definition) is 8. The average molecular weight is 447 g/mol. The Morgan fingerprint density at radius 3 is 2.67 bits per heavy atom. The van der Waals surface area contributed by atoms with Crippen LogP contribution in [-0.2, 0) is 9.53 Å². The molecule has 8 nitrogen and oxygen atoms in total. The van der Waals surface area contributed by atoms with Crippen molar-refractivity contribution >= 4 is 50.9 Å². The number of aromatic nitrogens is 2. The normalized spacial score (nSPS) is 10.9. The Hall–Kier alpha value is -2.85. The number of thioether (sulfide) groups is 1. The van der Waals surface area contributed by atoms with E-state index in [1.807, 2.05) is 32.0 Å². The first kappa shape index (κ1) is 21.8. The molecule has 0 unspecified atom stereocenters. The van der Waals surface area contributed by atoms with Crippen molar-refractivity contribution in [1.29, 1.82) is 0 Å². The van der Waals surface area contributed by atoms with Crippen LogP contribution < -0.4 is 16.7 Å². The number of nitrogens with zero attached hydrogens (tertiary/aromatic N) is 2. The Bertz CT molecular complexity index is 1200. The van der Waals surface area contributed by atoms with E-state index in [2.05, 4.69) is 10.3 Å². The van der Waals surface area contributed by atoms with E-state index in [-0.39, 0.29) is 28.8 Å². The highest BCUT2D eigenvalue weighted by atomic mass is 32.2. The molecule has 3 aromatic rings. The van der Waals surface area contributed by atoms with Crippen molar-refractivity contribution in [3.63, 3.8) is 0 Å². The highest BCUT2D eigenvalue weighted by Gasteiger charge is 2.22. The van der Waals surface area contributed by atoms with E-state index in [9.17, 15) is 14.4 Å². The van der Waals surface area contributed by atoms with Gasteiger partial charge < -0.3 is 15.9 Å². The molecule has 1 aromatic carbocycles. The van der Waals surface area contributed by atoms with Gasteiger partial charge in [0.15, 0.2) is 5.16 Å². The number of ether oxygens (including phenoxy) is 1. The first-order valence-corrected chi connectivity index (χ1v) is 11.0. The van der Waals surface area contributed by atoms with Gasteiger partial charge >= 0.3 is 5.97 Å². The number of nitrogens with two attached hydrogens (primary N) is 1. The number of aryl methyl sites for hydroxylation is 3. The number of thiophene rings is 1. The molecule has 0 fully saturated rings. The third-order valence-electron chi connectivity index (χ3n) is 4.55. The number of esters is 1. The molecule has 0 aliphatic carbocycles. The summed E-state index contributed by atoms with van der Waals surface area (Å²) in [7, 11) is 0. The van der Waals surface area contributed by atoms with Crippen LogP contribution in [0.2, 0.25) is 0 Å². The van der Waals surface area contributed by atoms with Gasteiger partial charge in [-0.2, -0.15) is 0 Å². The van der Waals surface area contributed by atoms with Crippen molar-refractivity contribution in [2.24, 2.45) is 0 Å². The lowest BCUT2D eigenvalue weighted by Gasteiger charge is -2.09. The first-order chi connectivity index (χ1) is 14.2. The van der Waals surface area contributed by atoms with E-state index in [0.29, 0.717) is 21.0 Å². The second kappa shape index (κ2) is 8.88. The number of nitrogen functional groups attached to an aromatic ring is 1. The van der Waals surface area contributed by atoms with E-state index in [0.717, 1.165) is 38.9 Å². The molecule has 158 valence electrons. The molecule has 0 aliphatic heterocycles. The minimum Gasteiger partial charge on any atom is -0.462 e. The predicted molar refractivity (Wildman–Crippen MR) is 120 cm³/mol. The highest BCUT2D eigenvalue weighted by molar-refractivity contribution is 7.99. The highest BCUT2D eigenvalue weighted by Crippen LogP contribution is 2.29. The number of fused-ring (bicyclic) bond motifs is 1. The van der Waals surface area contributed by atoms with Crippen molar-refractivity contribution < 1.29 is 14.3 Å². The van der Waals surface area contributed by atoms with Crippen LogP contribution in [-0.4, -0.2) is 33.9 Å². The van der Waals surface area contributed by atoms with Gasteiger partial charge in [0, 0.05) is 5.69 Å². The van der Waals surface area contributed by atoms with Crippen LogP contribution >= 0.6 is 23.1 Å². The summed E-state index contributed by atoms with van der Waals surface area (Å²) in [5.41, 5.74) is 2.94. The molecular weight excluding hydrogens is 424 g/mol. The SMILES string of the molecule is CCOC(=O)c1sc2nc(SCC(=O)Nc3ccc(C)c(C)c3)n(N)c(=O)c2c1C. The molecule has 0 saturated carbocycles. The second-order valence-electron chi connectivity index (χ2n) is 6.66. The first-order valence-electron chi connectivity index (χ1n) is 9.21. The number of carbonyl (C=O) groups excluding carboxylic acids is 2. The van der Waals surface area contributed by atoms with Gasteiger partial charge in [0.2, 0.25) is 5.91 Å². The number of benzene rings is 1. The van der Waals surface area contributed by atoms with Crippen LogP contribution in [0, 0.1) is 20.8 Å². The van der Waals surface area contributed by atoms with Gasteiger partial charge in [-0.05, 0) is 56.5 Å². The summed E-state index contributed by atoms with van der Waals surface area (Å²) in [6.07, 6.45) is 0. The quantitative estimate of drug-likeness (QED) is 0.259. The van der Waals surface area contributed by atoms with Crippen LogP contribution in [0.25, 0.3) is 10.2 Å². The van der Waals surface area contributed by atoms with Crippen LogP contribution in [0.4, 0.5) is 5.69 Å². The van der Waals surface area contributed by atoms with Crippen molar-refractivity contribution in [3.05, 3.63) is 50.1 Å². The number of amides is 1. The van der Waals surface area contributed by atoms with E-state index in [4.69, 9.17) is 10.6 Å². The van der Waals surface area contributed by atoms with Gasteiger partial charge in [-0.1, -0.05) is 17.8 Å². The third kappa shape index (κ3) is 4.34.